The summed E-state index contributed by atoms with van der Waals surface area (Å²) in [5.41, 5.74) is 0. The summed E-state index contributed by atoms with van der Waals surface area (Å²) in [7, 11) is 0. The Bertz CT molecular complexity index is 388. The average Bonchev–Trinajstić information content (AvgIpc) is 2.32. The van der Waals surface area contributed by atoms with E-state index in [0.717, 1.165) is 35.7 Å². The van der Waals surface area contributed by atoms with E-state index in [2.05, 4.69) is 43.0 Å². The summed E-state index contributed by atoms with van der Waals surface area (Å²) in [5.74, 6) is 2.87. The molecule has 1 N–H and O–H groups in total. The first-order valence-electron chi connectivity index (χ1n) is 5.83. The van der Waals surface area contributed by atoms with E-state index >= 15 is 0 Å². The summed E-state index contributed by atoms with van der Waals surface area (Å²) in [5, 5.41) is 3.81. The molecule has 0 saturated carbocycles. The maximum Gasteiger partial charge on any atom is 0.224 e. The molecule has 0 bridgehead atoms. The first kappa shape index (κ1) is 13.0. The standard InChI is InChI=1S/C11H17BrN4S/c1-3-13-11-14-6-9(12)10(15-11)16-4-5-17-8(2)7-16/h6,8H,3-5,7H2,1-2H3,(H,13,14,15). The first-order valence-corrected chi connectivity index (χ1v) is 7.68. The Hall–Kier alpha value is -0.490. The molecule has 1 unspecified atom stereocenters. The van der Waals surface area contributed by atoms with Crippen molar-refractivity contribution < 1.29 is 0 Å². The largest absolute Gasteiger partial charge is 0.354 e. The lowest BCUT2D eigenvalue weighted by molar-refractivity contribution is 0.766. The van der Waals surface area contributed by atoms with Crippen LogP contribution in [-0.2, 0) is 0 Å². The molecule has 6 heteroatoms. The van der Waals surface area contributed by atoms with Crippen LogP contribution in [0.1, 0.15) is 13.8 Å². The van der Waals surface area contributed by atoms with Crippen LogP contribution in [-0.4, -0.2) is 40.6 Å². The SMILES string of the molecule is CCNc1ncc(Br)c(N2CCSC(C)C2)n1. The van der Waals surface area contributed by atoms with Crippen molar-refractivity contribution in [3.8, 4) is 0 Å². The second kappa shape index (κ2) is 5.91. The summed E-state index contributed by atoms with van der Waals surface area (Å²) in [6, 6.07) is 0. The molecule has 2 rings (SSSR count). The molecular formula is C11H17BrN4S. The van der Waals surface area contributed by atoms with Crippen molar-refractivity contribution in [2.45, 2.75) is 19.1 Å². The molecule has 1 aliphatic heterocycles. The zero-order valence-corrected chi connectivity index (χ0v) is 12.5. The Balaban J connectivity index is 2.20. The fraction of sp³-hybridized carbons (Fsp3) is 0.636. The smallest absolute Gasteiger partial charge is 0.224 e. The minimum atomic E-state index is 0.660. The highest BCUT2D eigenvalue weighted by molar-refractivity contribution is 9.10. The van der Waals surface area contributed by atoms with Gasteiger partial charge in [-0.2, -0.15) is 16.7 Å². The lowest BCUT2D eigenvalue weighted by Gasteiger charge is -2.32. The summed E-state index contributed by atoms with van der Waals surface area (Å²) in [6.07, 6.45) is 1.83. The van der Waals surface area contributed by atoms with Crippen molar-refractivity contribution in [1.29, 1.82) is 0 Å². The third-order valence-corrected chi connectivity index (χ3v) is 4.30. The summed E-state index contributed by atoms with van der Waals surface area (Å²) in [6.45, 7) is 7.25. The highest BCUT2D eigenvalue weighted by atomic mass is 79.9. The van der Waals surface area contributed by atoms with Crippen LogP contribution in [0.3, 0.4) is 0 Å². The lowest BCUT2D eigenvalue weighted by atomic mass is 10.3. The van der Waals surface area contributed by atoms with Crippen molar-refractivity contribution in [2.24, 2.45) is 0 Å². The Morgan fingerprint density at radius 2 is 2.47 bits per heavy atom. The van der Waals surface area contributed by atoms with Crippen LogP contribution < -0.4 is 10.2 Å². The predicted molar refractivity (Wildman–Crippen MR) is 78.0 cm³/mol. The van der Waals surface area contributed by atoms with E-state index in [4.69, 9.17) is 0 Å². The predicted octanol–water partition coefficient (Wildman–Crippen LogP) is 2.61. The van der Waals surface area contributed by atoms with E-state index in [-0.39, 0.29) is 0 Å². The van der Waals surface area contributed by atoms with Gasteiger partial charge in [-0.15, -0.1) is 0 Å². The monoisotopic (exact) mass is 316 g/mol. The van der Waals surface area contributed by atoms with Gasteiger partial charge in [-0.3, -0.25) is 0 Å². The summed E-state index contributed by atoms with van der Waals surface area (Å²) >= 11 is 5.56. The lowest BCUT2D eigenvalue weighted by Crippen LogP contribution is -2.37. The molecule has 1 atom stereocenters. The van der Waals surface area contributed by atoms with Gasteiger partial charge in [0.25, 0.3) is 0 Å². The first-order chi connectivity index (χ1) is 8.20. The van der Waals surface area contributed by atoms with Crippen molar-refractivity contribution in [1.82, 2.24) is 9.97 Å². The van der Waals surface area contributed by atoms with Crippen LogP contribution >= 0.6 is 27.7 Å². The molecule has 1 fully saturated rings. The Kier molecular flexibility index (Phi) is 4.50. The second-order valence-corrected chi connectivity index (χ2v) is 6.42. The zero-order valence-electron chi connectivity index (χ0n) is 10.1. The van der Waals surface area contributed by atoms with Gasteiger partial charge in [0, 0.05) is 36.8 Å². The molecular weight excluding hydrogens is 300 g/mol. The number of hydrogen-bond donors (Lipinski definition) is 1. The second-order valence-electron chi connectivity index (χ2n) is 4.02. The number of aromatic nitrogens is 2. The molecule has 1 aromatic rings. The van der Waals surface area contributed by atoms with E-state index in [1.54, 1.807) is 0 Å². The van der Waals surface area contributed by atoms with Gasteiger partial charge in [0.1, 0.15) is 5.82 Å². The minimum absolute atomic E-state index is 0.660. The van der Waals surface area contributed by atoms with Gasteiger partial charge < -0.3 is 10.2 Å². The number of thioether (sulfide) groups is 1. The van der Waals surface area contributed by atoms with Gasteiger partial charge >= 0.3 is 0 Å². The molecule has 4 nitrogen and oxygen atoms in total. The number of nitrogens with one attached hydrogen (secondary N) is 1. The van der Waals surface area contributed by atoms with Gasteiger partial charge in [0.2, 0.25) is 5.95 Å². The summed E-state index contributed by atoms with van der Waals surface area (Å²) in [4.78, 5) is 11.1. The minimum Gasteiger partial charge on any atom is -0.354 e. The highest BCUT2D eigenvalue weighted by Gasteiger charge is 2.20. The molecule has 1 saturated heterocycles. The van der Waals surface area contributed by atoms with Crippen LogP contribution in [0, 0.1) is 0 Å². The molecule has 0 amide bonds. The molecule has 0 aromatic carbocycles. The molecule has 94 valence electrons. The quantitative estimate of drug-likeness (QED) is 0.928. The maximum atomic E-state index is 4.57. The molecule has 1 aromatic heterocycles. The average molecular weight is 317 g/mol. The molecule has 1 aliphatic rings. The van der Waals surface area contributed by atoms with Crippen molar-refractivity contribution in [2.75, 3.05) is 35.6 Å². The fourth-order valence-electron chi connectivity index (χ4n) is 1.83. The van der Waals surface area contributed by atoms with E-state index in [0.29, 0.717) is 11.2 Å². The molecule has 2 heterocycles. The third kappa shape index (κ3) is 3.25. The Morgan fingerprint density at radius 1 is 1.65 bits per heavy atom. The van der Waals surface area contributed by atoms with Crippen LogP contribution in [0.5, 0.6) is 0 Å². The van der Waals surface area contributed by atoms with Crippen LogP contribution in [0.15, 0.2) is 10.7 Å². The van der Waals surface area contributed by atoms with Crippen molar-refractivity contribution >= 4 is 39.5 Å². The fourth-order valence-corrected chi connectivity index (χ4v) is 3.29. The third-order valence-electron chi connectivity index (χ3n) is 2.60. The number of anilines is 2. The topological polar surface area (TPSA) is 41.1 Å². The van der Waals surface area contributed by atoms with Gasteiger partial charge in [0.15, 0.2) is 0 Å². The Morgan fingerprint density at radius 3 is 3.18 bits per heavy atom. The molecule has 0 aliphatic carbocycles. The van der Waals surface area contributed by atoms with E-state index < -0.39 is 0 Å². The maximum absolute atomic E-state index is 4.57. The summed E-state index contributed by atoms with van der Waals surface area (Å²) < 4.78 is 0.971. The number of halogens is 1. The van der Waals surface area contributed by atoms with E-state index in [9.17, 15) is 0 Å². The number of rotatable bonds is 3. The highest BCUT2D eigenvalue weighted by Crippen LogP contribution is 2.28. The number of hydrogen-bond acceptors (Lipinski definition) is 5. The molecule has 0 spiro atoms. The van der Waals surface area contributed by atoms with Crippen LogP contribution in [0.2, 0.25) is 0 Å². The molecule has 0 radical (unpaired) electrons. The Labute approximate surface area is 115 Å². The normalized spacial score (nSPS) is 20.4. The van der Waals surface area contributed by atoms with Crippen molar-refractivity contribution in [3.05, 3.63) is 10.7 Å². The van der Waals surface area contributed by atoms with E-state index in [1.165, 1.54) is 0 Å². The number of nitrogens with zero attached hydrogens (tertiary/aromatic N) is 3. The van der Waals surface area contributed by atoms with Crippen molar-refractivity contribution in [3.63, 3.8) is 0 Å². The molecule has 17 heavy (non-hydrogen) atoms. The van der Waals surface area contributed by atoms with Gasteiger partial charge in [-0.1, -0.05) is 6.92 Å². The van der Waals surface area contributed by atoms with Crippen LogP contribution in [0.4, 0.5) is 11.8 Å². The van der Waals surface area contributed by atoms with Gasteiger partial charge in [-0.25, -0.2) is 4.98 Å². The van der Waals surface area contributed by atoms with Crippen LogP contribution in [0.25, 0.3) is 0 Å². The van der Waals surface area contributed by atoms with E-state index in [1.807, 2.05) is 24.9 Å². The zero-order chi connectivity index (χ0) is 12.3. The van der Waals surface area contributed by atoms with Gasteiger partial charge in [0.05, 0.1) is 4.47 Å². The van der Waals surface area contributed by atoms with Gasteiger partial charge in [-0.05, 0) is 22.9 Å².